The van der Waals surface area contributed by atoms with Crippen molar-refractivity contribution in [3.05, 3.63) is 102 Å². The molecule has 0 bridgehead atoms. The predicted molar refractivity (Wildman–Crippen MR) is 142 cm³/mol. The monoisotopic (exact) mass is 464 g/mol. The first-order valence-corrected chi connectivity index (χ1v) is 12.5. The van der Waals surface area contributed by atoms with Crippen LogP contribution in [0.4, 0.5) is 5.69 Å². The van der Waals surface area contributed by atoms with Gasteiger partial charge in [0.15, 0.2) is 0 Å². The second-order valence-electron chi connectivity index (χ2n) is 8.07. The summed E-state index contributed by atoms with van der Waals surface area (Å²) in [7, 11) is 4.25. The van der Waals surface area contributed by atoms with Crippen molar-refractivity contribution >= 4 is 56.0 Å². The third-order valence-corrected chi connectivity index (χ3v) is 8.30. The Balaban J connectivity index is 1.29. The third kappa shape index (κ3) is 3.63. The molecule has 0 fully saturated rings. The van der Waals surface area contributed by atoms with Crippen molar-refractivity contribution in [2.45, 2.75) is 4.90 Å². The molecule has 3 heterocycles. The number of para-hydroxylation sites is 2. The van der Waals surface area contributed by atoms with Gasteiger partial charge in [-0.2, -0.15) is 4.57 Å². The molecule has 1 aliphatic heterocycles. The van der Waals surface area contributed by atoms with Gasteiger partial charge >= 0.3 is 0 Å². The SMILES string of the molecule is CN1/C(=C/C=C\c2ccc3cc(-c4nc5ccccc5s4)ccc3[n+]2C)Sc2ccccc21. The average molecular weight is 465 g/mol. The summed E-state index contributed by atoms with van der Waals surface area (Å²) in [5, 5.41) is 3.51. The van der Waals surface area contributed by atoms with Crippen LogP contribution >= 0.6 is 23.1 Å². The summed E-state index contributed by atoms with van der Waals surface area (Å²) >= 11 is 3.55. The minimum Gasteiger partial charge on any atom is -0.338 e. The number of anilines is 1. The zero-order valence-electron chi connectivity index (χ0n) is 18.4. The van der Waals surface area contributed by atoms with Crippen LogP contribution in [0.2, 0.25) is 0 Å². The molecular weight excluding hydrogens is 442 g/mol. The van der Waals surface area contributed by atoms with E-state index in [2.05, 4.69) is 115 Å². The predicted octanol–water partition coefficient (Wildman–Crippen LogP) is 7.04. The van der Waals surface area contributed by atoms with Crippen LogP contribution in [0.5, 0.6) is 0 Å². The van der Waals surface area contributed by atoms with Gasteiger partial charge in [-0.3, -0.25) is 0 Å². The van der Waals surface area contributed by atoms with Gasteiger partial charge in [0.1, 0.15) is 12.1 Å². The molecule has 0 atom stereocenters. The summed E-state index contributed by atoms with van der Waals surface area (Å²) in [5.41, 5.74) is 5.86. The van der Waals surface area contributed by atoms with Crippen molar-refractivity contribution in [3.63, 3.8) is 0 Å². The fourth-order valence-corrected chi connectivity index (χ4v) is 6.24. The maximum atomic E-state index is 4.82. The smallest absolute Gasteiger partial charge is 0.212 e. The Morgan fingerprint density at radius 2 is 1.79 bits per heavy atom. The highest BCUT2D eigenvalue weighted by Gasteiger charge is 2.20. The molecule has 33 heavy (non-hydrogen) atoms. The Bertz CT molecular complexity index is 1550. The molecule has 0 spiro atoms. The number of allylic oxidation sites excluding steroid dienone is 2. The molecule has 3 aromatic carbocycles. The molecule has 6 rings (SSSR count). The topological polar surface area (TPSA) is 20.0 Å². The van der Waals surface area contributed by atoms with Crippen LogP contribution in [0.3, 0.4) is 0 Å². The Morgan fingerprint density at radius 3 is 2.67 bits per heavy atom. The number of thioether (sulfide) groups is 1. The minimum atomic E-state index is 1.06. The van der Waals surface area contributed by atoms with Gasteiger partial charge in [-0.1, -0.05) is 42.1 Å². The molecule has 0 radical (unpaired) electrons. The highest BCUT2D eigenvalue weighted by atomic mass is 32.2. The van der Waals surface area contributed by atoms with E-state index in [0.717, 1.165) is 21.8 Å². The van der Waals surface area contributed by atoms with Crippen molar-refractivity contribution in [1.29, 1.82) is 0 Å². The van der Waals surface area contributed by atoms with E-state index in [1.807, 2.05) is 17.8 Å². The van der Waals surface area contributed by atoms with Crippen LogP contribution in [0, 0.1) is 0 Å². The van der Waals surface area contributed by atoms with Crippen LogP contribution in [0.15, 0.2) is 101 Å². The molecular formula is C28H22N3S2+. The van der Waals surface area contributed by atoms with Crippen LogP contribution in [0.1, 0.15) is 5.69 Å². The summed E-state index contributed by atoms with van der Waals surface area (Å²) in [6.07, 6.45) is 6.50. The Kier molecular flexibility index (Phi) is 5.01. The number of hydrogen-bond acceptors (Lipinski definition) is 4. The summed E-state index contributed by atoms with van der Waals surface area (Å²) in [5.74, 6) is 0. The second kappa shape index (κ2) is 8.18. The van der Waals surface area contributed by atoms with Crippen LogP contribution in [-0.2, 0) is 7.05 Å². The van der Waals surface area contributed by atoms with Gasteiger partial charge in [-0.15, -0.1) is 11.3 Å². The number of pyridine rings is 1. The number of rotatable bonds is 3. The summed E-state index contributed by atoms with van der Waals surface area (Å²) < 4.78 is 3.47. The van der Waals surface area contributed by atoms with E-state index < -0.39 is 0 Å². The van der Waals surface area contributed by atoms with Crippen LogP contribution in [-0.4, -0.2) is 12.0 Å². The van der Waals surface area contributed by atoms with Gasteiger partial charge in [0.2, 0.25) is 11.2 Å². The van der Waals surface area contributed by atoms with Gasteiger partial charge < -0.3 is 4.90 Å². The first-order chi connectivity index (χ1) is 16.2. The van der Waals surface area contributed by atoms with Gasteiger partial charge in [-0.25, -0.2) is 4.98 Å². The number of fused-ring (bicyclic) bond motifs is 3. The number of thiazole rings is 1. The molecule has 0 saturated carbocycles. The molecule has 0 unspecified atom stereocenters. The van der Waals surface area contributed by atoms with Gasteiger partial charge in [0.25, 0.3) is 0 Å². The van der Waals surface area contributed by atoms with Crippen LogP contribution < -0.4 is 9.47 Å². The molecule has 0 N–H and O–H groups in total. The third-order valence-electron chi connectivity index (χ3n) is 6.03. The Hall–Kier alpha value is -3.41. The molecule has 3 nitrogen and oxygen atoms in total. The van der Waals surface area contributed by atoms with Crippen molar-refractivity contribution in [2.75, 3.05) is 11.9 Å². The first-order valence-electron chi connectivity index (χ1n) is 10.8. The minimum absolute atomic E-state index is 1.06. The van der Waals surface area contributed by atoms with Crippen molar-refractivity contribution in [3.8, 4) is 10.6 Å². The van der Waals surface area contributed by atoms with E-state index in [9.17, 15) is 0 Å². The zero-order valence-corrected chi connectivity index (χ0v) is 20.0. The lowest BCUT2D eigenvalue weighted by Gasteiger charge is -2.12. The van der Waals surface area contributed by atoms with Gasteiger partial charge in [0.05, 0.1) is 20.9 Å². The van der Waals surface area contributed by atoms with E-state index in [-0.39, 0.29) is 0 Å². The molecule has 5 heteroatoms. The lowest BCUT2D eigenvalue weighted by atomic mass is 10.1. The maximum absolute atomic E-state index is 4.82. The van der Waals surface area contributed by atoms with Gasteiger partial charge in [-0.05, 0) is 48.5 Å². The Morgan fingerprint density at radius 1 is 0.939 bits per heavy atom. The summed E-state index contributed by atoms with van der Waals surface area (Å²) in [6.45, 7) is 0. The lowest BCUT2D eigenvalue weighted by Crippen LogP contribution is -2.32. The van der Waals surface area contributed by atoms with Gasteiger partial charge in [0, 0.05) is 41.1 Å². The van der Waals surface area contributed by atoms with Crippen molar-refractivity contribution < 1.29 is 4.57 Å². The fourth-order valence-electron chi connectivity index (χ4n) is 4.21. The number of aryl methyl sites for hydroxylation is 1. The Labute approximate surface area is 201 Å². The molecule has 0 saturated heterocycles. The van der Waals surface area contributed by atoms with Crippen LogP contribution in [0.25, 0.3) is 37.8 Å². The second-order valence-corrected chi connectivity index (χ2v) is 10.2. The highest BCUT2D eigenvalue weighted by Crippen LogP contribution is 2.44. The van der Waals surface area contributed by atoms with E-state index in [1.54, 1.807) is 11.3 Å². The first kappa shape index (κ1) is 20.2. The summed E-state index contributed by atoms with van der Waals surface area (Å²) in [4.78, 5) is 8.37. The fraction of sp³-hybridized carbons (Fsp3) is 0.0714. The zero-order chi connectivity index (χ0) is 22.4. The summed E-state index contributed by atoms with van der Waals surface area (Å²) in [6, 6.07) is 27.8. The standard InChI is InChI=1S/C28H22N3S2/c1-30-21(8-7-13-27-31(2)24-10-4-6-12-26(24)32-27)16-14-19-18-20(15-17-23(19)30)28-29-22-9-3-5-11-25(22)33-28/h3-18H,1-2H3/q+1. The quantitative estimate of drug-likeness (QED) is 0.267. The number of nitrogens with zero attached hydrogens (tertiary/aromatic N) is 3. The van der Waals surface area contributed by atoms with E-state index in [1.165, 1.54) is 31.2 Å². The van der Waals surface area contributed by atoms with E-state index in [4.69, 9.17) is 4.98 Å². The number of benzene rings is 3. The molecule has 5 aromatic rings. The highest BCUT2D eigenvalue weighted by molar-refractivity contribution is 8.03. The molecule has 1 aliphatic rings. The van der Waals surface area contributed by atoms with Crippen molar-refractivity contribution in [1.82, 2.24) is 4.98 Å². The average Bonchev–Trinajstić information content (AvgIpc) is 3.42. The molecule has 0 amide bonds. The molecule has 2 aromatic heterocycles. The maximum Gasteiger partial charge on any atom is 0.212 e. The molecule has 0 aliphatic carbocycles. The normalized spacial score (nSPS) is 14.7. The van der Waals surface area contributed by atoms with Crippen molar-refractivity contribution in [2.24, 2.45) is 7.05 Å². The largest absolute Gasteiger partial charge is 0.338 e. The lowest BCUT2D eigenvalue weighted by molar-refractivity contribution is -0.646. The number of aromatic nitrogens is 2. The molecule has 160 valence electrons. The number of hydrogen-bond donors (Lipinski definition) is 0. The van der Waals surface area contributed by atoms with E-state index in [0.29, 0.717) is 0 Å². The van der Waals surface area contributed by atoms with E-state index >= 15 is 0 Å².